The lowest BCUT2D eigenvalue weighted by atomic mass is 9.96. The van der Waals surface area contributed by atoms with Gasteiger partial charge in [0, 0.05) is 12.3 Å². The predicted molar refractivity (Wildman–Crippen MR) is 145 cm³/mol. The van der Waals surface area contributed by atoms with E-state index in [-0.39, 0.29) is 31.4 Å². The topological polar surface area (TPSA) is 105 Å². The monoisotopic (exact) mass is 532 g/mol. The second-order valence-corrected chi connectivity index (χ2v) is 11.7. The van der Waals surface area contributed by atoms with E-state index in [4.69, 9.17) is 9.47 Å². The molecule has 8 heteroatoms. The minimum Gasteiger partial charge on any atom is -0.479 e. The molecule has 206 valence electrons. The Labute approximate surface area is 229 Å². The van der Waals surface area contributed by atoms with E-state index in [9.17, 15) is 19.5 Å². The summed E-state index contributed by atoms with van der Waals surface area (Å²) in [5.41, 5.74) is 2.43. The normalized spacial score (nSPS) is 26.1. The van der Waals surface area contributed by atoms with Gasteiger partial charge in [-0.15, -0.1) is 6.58 Å². The van der Waals surface area contributed by atoms with Gasteiger partial charge in [0.1, 0.15) is 23.3 Å². The summed E-state index contributed by atoms with van der Waals surface area (Å²) in [6.07, 6.45) is 2.38. The van der Waals surface area contributed by atoms with Crippen molar-refractivity contribution in [3.63, 3.8) is 0 Å². The van der Waals surface area contributed by atoms with Gasteiger partial charge in [0.25, 0.3) is 0 Å². The molecule has 2 aromatic rings. The molecule has 1 saturated carbocycles. The summed E-state index contributed by atoms with van der Waals surface area (Å²) < 4.78 is 12.4. The number of carboxylic acid groups (broad SMARTS) is 1. The fraction of sp³-hybridized carbons (Fsp3) is 0.452. The Morgan fingerprint density at radius 1 is 1.05 bits per heavy atom. The highest BCUT2D eigenvalue weighted by molar-refractivity contribution is 5.94. The Balaban J connectivity index is 1.43. The number of fused-ring (bicyclic) bond motifs is 2. The van der Waals surface area contributed by atoms with E-state index in [2.05, 4.69) is 36.2 Å². The Kier molecular flexibility index (Phi) is 7.01. The lowest BCUT2D eigenvalue weighted by Gasteiger charge is -2.28. The third-order valence-corrected chi connectivity index (χ3v) is 7.89. The van der Waals surface area contributed by atoms with E-state index in [0.29, 0.717) is 0 Å². The van der Waals surface area contributed by atoms with Gasteiger partial charge in [0.2, 0.25) is 5.91 Å². The quantitative estimate of drug-likeness (QED) is 0.534. The molecule has 2 aromatic carbocycles. The van der Waals surface area contributed by atoms with Crippen LogP contribution in [-0.2, 0) is 31.9 Å². The van der Waals surface area contributed by atoms with Crippen LogP contribution in [0.5, 0.6) is 0 Å². The van der Waals surface area contributed by atoms with Crippen LogP contribution in [0.15, 0.2) is 61.2 Å². The summed E-state index contributed by atoms with van der Waals surface area (Å²) in [4.78, 5) is 40.1. The number of hydrogen-bond donors (Lipinski definition) is 2. The standard InChI is InChI=1S/C31H36N2O6/c1-5-21-17-31(21,28(35)36)32-27(34)25-16-22(18-33(25)29(37)39-30(2,3)4)38-26-23-12-8-6-10-19(23)14-15-20-11-7-9-13-24(20)26/h5-13,21-22,25-26H,1,14-18H2,2-4H3,(H,32,34)(H,35,36)/t21?,22-,25+,31-/m1/s1. The minimum atomic E-state index is -1.39. The molecule has 2 N–H and O–H groups in total. The van der Waals surface area contributed by atoms with Gasteiger partial charge in [0.15, 0.2) is 0 Å². The molecule has 0 aromatic heterocycles. The minimum absolute atomic E-state index is 0.152. The average Bonchev–Trinajstić information content (AvgIpc) is 3.48. The molecule has 1 unspecified atom stereocenters. The molecular formula is C31H36N2O6. The van der Waals surface area contributed by atoms with Gasteiger partial charge in [-0.2, -0.15) is 0 Å². The summed E-state index contributed by atoms with van der Waals surface area (Å²) in [5.74, 6) is -2.00. The van der Waals surface area contributed by atoms with Crippen LogP contribution >= 0.6 is 0 Å². The number of likely N-dealkylation sites (tertiary alicyclic amines) is 1. The highest BCUT2D eigenvalue weighted by Crippen LogP contribution is 2.45. The van der Waals surface area contributed by atoms with Crippen LogP contribution in [0.3, 0.4) is 0 Å². The maximum atomic E-state index is 13.5. The largest absolute Gasteiger partial charge is 0.479 e. The number of carboxylic acids is 1. The van der Waals surface area contributed by atoms with Gasteiger partial charge in [-0.1, -0.05) is 54.6 Å². The van der Waals surface area contributed by atoms with Crippen molar-refractivity contribution in [2.24, 2.45) is 5.92 Å². The van der Waals surface area contributed by atoms with E-state index in [1.807, 2.05) is 24.3 Å². The van der Waals surface area contributed by atoms with Crippen LogP contribution in [0.4, 0.5) is 4.79 Å². The Bertz CT molecular complexity index is 1250. The van der Waals surface area contributed by atoms with Gasteiger partial charge in [0.05, 0.1) is 12.6 Å². The molecule has 2 amide bonds. The van der Waals surface area contributed by atoms with Gasteiger partial charge >= 0.3 is 12.1 Å². The van der Waals surface area contributed by atoms with Crippen LogP contribution in [-0.4, -0.2) is 57.8 Å². The van der Waals surface area contributed by atoms with Crippen LogP contribution in [0.25, 0.3) is 0 Å². The smallest absolute Gasteiger partial charge is 0.411 e. The number of carbonyl (C=O) groups excluding carboxylic acids is 2. The van der Waals surface area contributed by atoms with Crippen molar-refractivity contribution in [2.45, 2.75) is 75.8 Å². The summed E-state index contributed by atoms with van der Waals surface area (Å²) in [7, 11) is 0. The van der Waals surface area contributed by atoms with Crippen LogP contribution in [0, 0.1) is 5.92 Å². The number of nitrogens with one attached hydrogen (secondary N) is 1. The molecule has 5 rings (SSSR count). The molecule has 39 heavy (non-hydrogen) atoms. The van der Waals surface area contributed by atoms with Crippen LogP contribution in [0.1, 0.15) is 62.0 Å². The van der Waals surface area contributed by atoms with Gasteiger partial charge in [-0.25, -0.2) is 9.59 Å². The molecule has 4 atom stereocenters. The second kappa shape index (κ2) is 10.2. The molecule has 2 aliphatic carbocycles. The van der Waals surface area contributed by atoms with E-state index in [1.54, 1.807) is 26.8 Å². The zero-order valence-corrected chi connectivity index (χ0v) is 22.7. The predicted octanol–water partition coefficient (Wildman–Crippen LogP) is 4.41. The molecular weight excluding hydrogens is 496 g/mol. The molecule has 0 spiro atoms. The number of benzene rings is 2. The summed E-state index contributed by atoms with van der Waals surface area (Å²) in [5, 5.41) is 12.5. The molecule has 1 heterocycles. The van der Waals surface area contributed by atoms with Crippen molar-refractivity contribution in [1.82, 2.24) is 10.2 Å². The number of ether oxygens (including phenoxy) is 2. The number of rotatable bonds is 6. The molecule has 8 nitrogen and oxygen atoms in total. The highest BCUT2D eigenvalue weighted by atomic mass is 16.6. The van der Waals surface area contributed by atoms with Crippen molar-refractivity contribution in [3.05, 3.63) is 83.4 Å². The summed E-state index contributed by atoms with van der Waals surface area (Å²) in [6, 6.07) is 15.5. The Morgan fingerprint density at radius 3 is 2.15 bits per heavy atom. The maximum Gasteiger partial charge on any atom is 0.411 e. The first-order chi connectivity index (χ1) is 18.5. The number of amides is 2. The lowest BCUT2D eigenvalue weighted by Crippen LogP contribution is -2.53. The number of aliphatic carboxylic acids is 1. The first kappa shape index (κ1) is 26.9. The van der Waals surface area contributed by atoms with Gasteiger partial charge in [-0.05, 0) is 62.3 Å². The van der Waals surface area contributed by atoms with E-state index >= 15 is 0 Å². The zero-order chi connectivity index (χ0) is 27.9. The van der Waals surface area contributed by atoms with Crippen molar-refractivity contribution in [3.8, 4) is 0 Å². The van der Waals surface area contributed by atoms with Crippen molar-refractivity contribution in [1.29, 1.82) is 0 Å². The first-order valence-corrected chi connectivity index (χ1v) is 13.5. The SMILES string of the molecule is C=CC1C[C@]1(NC(=O)[C@@H]1C[C@@H](OC2c3ccccc3CCc3ccccc32)CN1C(=O)OC(C)(C)C)C(=O)O. The molecule has 1 aliphatic heterocycles. The molecule has 1 saturated heterocycles. The number of carbonyl (C=O) groups is 3. The van der Waals surface area contributed by atoms with Gasteiger partial charge in [-0.3, -0.25) is 9.69 Å². The second-order valence-electron chi connectivity index (χ2n) is 11.7. The first-order valence-electron chi connectivity index (χ1n) is 13.5. The van der Waals surface area contributed by atoms with E-state index in [1.165, 1.54) is 16.0 Å². The fourth-order valence-corrected chi connectivity index (χ4v) is 5.80. The number of hydrogen-bond acceptors (Lipinski definition) is 5. The molecule has 3 aliphatic rings. The third kappa shape index (κ3) is 5.30. The third-order valence-electron chi connectivity index (χ3n) is 7.89. The van der Waals surface area contributed by atoms with Crippen molar-refractivity contribution < 1.29 is 29.0 Å². The van der Waals surface area contributed by atoms with Crippen LogP contribution in [0.2, 0.25) is 0 Å². The lowest BCUT2D eigenvalue weighted by molar-refractivity contribution is -0.144. The molecule has 0 bridgehead atoms. The zero-order valence-electron chi connectivity index (χ0n) is 22.7. The maximum absolute atomic E-state index is 13.5. The summed E-state index contributed by atoms with van der Waals surface area (Å²) >= 11 is 0. The molecule has 0 radical (unpaired) electrons. The highest BCUT2D eigenvalue weighted by Gasteiger charge is 2.61. The Morgan fingerprint density at radius 2 is 1.64 bits per heavy atom. The number of aryl methyl sites for hydroxylation is 2. The Hall–Kier alpha value is -3.65. The van der Waals surface area contributed by atoms with Crippen molar-refractivity contribution >= 4 is 18.0 Å². The van der Waals surface area contributed by atoms with Crippen LogP contribution < -0.4 is 5.32 Å². The van der Waals surface area contributed by atoms with Gasteiger partial charge < -0.3 is 19.9 Å². The molecule has 2 fully saturated rings. The summed E-state index contributed by atoms with van der Waals surface area (Å²) in [6.45, 7) is 9.14. The van der Waals surface area contributed by atoms with E-state index < -0.39 is 41.3 Å². The number of nitrogens with zero attached hydrogens (tertiary/aromatic N) is 1. The fourth-order valence-electron chi connectivity index (χ4n) is 5.80. The van der Waals surface area contributed by atoms with E-state index in [0.717, 1.165) is 24.0 Å². The average molecular weight is 533 g/mol. The van der Waals surface area contributed by atoms with Crippen molar-refractivity contribution in [2.75, 3.05) is 6.54 Å².